The number of carbonyl (C=O) groups excluding carboxylic acids is 2. The van der Waals surface area contributed by atoms with Crippen molar-refractivity contribution in [2.75, 3.05) is 13.2 Å². The third-order valence-corrected chi connectivity index (χ3v) is 3.86. The molecule has 0 spiro atoms. The van der Waals surface area contributed by atoms with Crippen LogP contribution < -0.4 is 19.5 Å². The van der Waals surface area contributed by atoms with Gasteiger partial charge in [0.2, 0.25) is 6.10 Å². The molecule has 25 heavy (non-hydrogen) atoms. The molecule has 6 nitrogen and oxygen atoms in total. The highest BCUT2D eigenvalue weighted by atomic mass is 35.5. The van der Waals surface area contributed by atoms with Crippen LogP contribution in [0.25, 0.3) is 0 Å². The summed E-state index contributed by atoms with van der Waals surface area (Å²) >= 11 is 11.8. The lowest BCUT2D eigenvalue weighted by Gasteiger charge is -2.25. The van der Waals surface area contributed by atoms with Gasteiger partial charge in [0.05, 0.1) is 5.02 Å². The van der Waals surface area contributed by atoms with Crippen LogP contribution in [0.4, 0.5) is 0 Å². The van der Waals surface area contributed by atoms with E-state index in [1.807, 2.05) is 0 Å². The number of ether oxygens (including phenoxy) is 3. The van der Waals surface area contributed by atoms with E-state index in [1.54, 1.807) is 36.4 Å². The highest BCUT2D eigenvalue weighted by molar-refractivity contribution is 6.34. The van der Waals surface area contributed by atoms with Crippen molar-refractivity contribution in [3.05, 3.63) is 52.5 Å². The Kier molecular flexibility index (Phi) is 5.31. The molecule has 1 heterocycles. The first-order valence-electron chi connectivity index (χ1n) is 7.33. The lowest BCUT2D eigenvalue weighted by atomic mass is 10.2. The van der Waals surface area contributed by atoms with E-state index in [0.29, 0.717) is 21.5 Å². The molecule has 2 amide bonds. The second-order valence-corrected chi connectivity index (χ2v) is 5.98. The Balaban J connectivity index is 1.53. The number of benzene rings is 2. The largest absolute Gasteiger partial charge is 0.485 e. The normalized spacial score (nSPS) is 15.4. The van der Waals surface area contributed by atoms with Crippen molar-refractivity contribution in [2.45, 2.75) is 6.10 Å². The first-order valence-corrected chi connectivity index (χ1v) is 8.08. The van der Waals surface area contributed by atoms with Gasteiger partial charge >= 0.3 is 0 Å². The van der Waals surface area contributed by atoms with Crippen molar-refractivity contribution >= 4 is 35.0 Å². The van der Waals surface area contributed by atoms with Gasteiger partial charge in [0.25, 0.3) is 11.8 Å². The van der Waals surface area contributed by atoms with Gasteiger partial charge in [0.15, 0.2) is 18.1 Å². The minimum atomic E-state index is -0.923. The molecule has 0 aliphatic carbocycles. The summed E-state index contributed by atoms with van der Waals surface area (Å²) in [4.78, 5) is 24.0. The second-order valence-electron chi connectivity index (χ2n) is 5.14. The van der Waals surface area contributed by atoms with E-state index >= 15 is 0 Å². The highest BCUT2D eigenvalue weighted by Gasteiger charge is 2.28. The molecule has 0 saturated heterocycles. The number of rotatable bonds is 4. The lowest BCUT2D eigenvalue weighted by Crippen LogP contribution is -2.47. The first-order chi connectivity index (χ1) is 12.0. The molecule has 0 unspecified atom stereocenters. The Bertz CT molecular complexity index is 811. The average Bonchev–Trinajstić information content (AvgIpc) is 2.62. The van der Waals surface area contributed by atoms with Gasteiger partial charge in [-0.05, 0) is 24.3 Å². The maximum atomic E-state index is 12.1. The van der Waals surface area contributed by atoms with Crippen LogP contribution in [0.3, 0.4) is 0 Å². The number of nitrogens with one attached hydrogen (secondary N) is 1. The predicted molar refractivity (Wildman–Crippen MR) is 91.5 cm³/mol. The molecular weight excluding hydrogens is 369 g/mol. The van der Waals surface area contributed by atoms with E-state index in [0.717, 1.165) is 0 Å². The molecule has 1 N–H and O–H groups in total. The summed E-state index contributed by atoms with van der Waals surface area (Å²) in [7, 11) is 0. The molecule has 0 aromatic heterocycles. The van der Waals surface area contributed by atoms with Crippen molar-refractivity contribution < 1.29 is 23.8 Å². The topological polar surface area (TPSA) is 73.9 Å². The van der Waals surface area contributed by atoms with E-state index in [9.17, 15) is 9.59 Å². The Morgan fingerprint density at radius 1 is 1.16 bits per heavy atom. The van der Waals surface area contributed by atoms with Crippen LogP contribution in [0.5, 0.6) is 17.2 Å². The lowest BCUT2D eigenvalue weighted by molar-refractivity contribution is -0.137. The van der Waals surface area contributed by atoms with Crippen LogP contribution in [0.2, 0.25) is 10.0 Å². The Labute approximate surface area is 153 Å². The standard InChI is InChI=1S/C17H13Cl2NO5/c18-10-5-6-11(19)14(7-10)24-9-16(21)20-17(22)15-8-23-12-3-1-2-4-13(12)25-15/h1-7,15H,8-9H2,(H,20,21,22)/t15-/m0/s1. The zero-order chi connectivity index (χ0) is 17.8. The fourth-order valence-corrected chi connectivity index (χ4v) is 2.47. The van der Waals surface area contributed by atoms with E-state index in [-0.39, 0.29) is 12.4 Å². The summed E-state index contributed by atoms with van der Waals surface area (Å²) in [5.74, 6) is 0.00635. The molecule has 1 aliphatic rings. The molecule has 0 fully saturated rings. The molecule has 0 saturated carbocycles. The molecule has 8 heteroatoms. The number of imide groups is 1. The van der Waals surface area contributed by atoms with E-state index in [1.165, 1.54) is 6.07 Å². The molecule has 2 aromatic rings. The van der Waals surface area contributed by atoms with Gasteiger partial charge in [-0.25, -0.2) is 0 Å². The van der Waals surface area contributed by atoms with Crippen LogP contribution in [-0.2, 0) is 9.59 Å². The summed E-state index contributed by atoms with van der Waals surface area (Å²) in [6.07, 6.45) is -0.923. The Hall–Kier alpha value is -2.44. The van der Waals surface area contributed by atoms with Crippen molar-refractivity contribution in [2.24, 2.45) is 0 Å². The number of para-hydroxylation sites is 2. The average molecular weight is 382 g/mol. The molecule has 0 bridgehead atoms. The maximum absolute atomic E-state index is 12.1. The maximum Gasteiger partial charge on any atom is 0.271 e. The molecule has 130 valence electrons. The van der Waals surface area contributed by atoms with Crippen LogP contribution in [-0.4, -0.2) is 31.1 Å². The summed E-state index contributed by atoms with van der Waals surface area (Å²) < 4.78 is 16.2. The van der Waals surface area contributed by atoms with E-state index < -0.39 is 24.5 Å². The molecular formula is C17H13Cl2NO5. The predicted octanol–water partition coefficient (Wildman–Crippen LogP) is 2.86. The van der Waals surface area contributed by atoms with Crippen molar-refractivity contribution in [1.29, 1.82) is 0 Å². The summed E-state index contributed by atoms with van der Waals surface area (Å²) in [5, 5.41) is 2.93. The fourth-order valence-electron chi connectivity index (χ4n) is 2.13. The minimum absolute atomic E-state index is 0.0110. The zero-order valence-electron chi connectivity index (χ0n) is 12.8. The number of halogens is 2. The summed E-state index contributed by atoms with van der Waals surface area (Å²) in [6, 6.07) is 11.6. The van der Waals surface area contributed by atoms with Crippen molar-refractivity contribution in [3.63, 3.8) is 0 Å². The van der Waals surface area contributed by atoms with Crippen LogP contribution in [0, 0.1) is 0 Å². The van der Waals surface area contributed by atoms with Crippen LogP contribution in [0.1, 0.15) is 0 Å². The Morgan fingerprint density at radius 2 is 1.92 bits per heavy atom. The van der Waals surface area contributed by atoms with Gasteiger partial charge in [-0.2, -0.15) is 0 Å². The van der Waals surface area contributed by atoms with Gasteiger partial charge in [-0.1, -0.05) is 35.3 Å². The molecule has 1 aliphatic heterocycles. The van der Waals surface area contributed by atoms with Gasteiger partial charge in [0.1, 0.15) is 12.4 Å². The molecule has 0 radical (unpaired) electrons. The van der Waals surface area contributed by atoms with Crippen LogP contribution in [0.15, 0.2) is 42.5 Å². The molecule has 3 rings (SSSR count). The third kappa shape index (κ3) is 4.35. The minimum Gasteiger partial charge on any atom is -0.485 e. The fraction of sp³-hybridized carbons (Fsp3) is 0.176. The number of hydrogen-bond donors (Lipinski definition) is 1. The monoisotopic (exact) mass is 381 g/mol. The summed E-state index contributed by atoms with van der Waals surface area (Å²) in [6.45, 7) is -0.382. The van der Waals surface area contributed by atoms with E-state index in [2.05, 4.69) is 5.32 Å². The van der Waals surface area contributed by atoms with E-state index in [4.69, 9.17) is 37.4 Å². The first kappa shape index (κ1) is 17.4. The number of fused-ring (bicyclic) bond motifs is 1. The van der Waals surface area contributed by atoms with Crippen molar-refractivity contribution in [1.82, 2.24) is 5.32 Å². The Morgan fingerprint density at radius 3 is 2.72 bits per heavy atom. The third-order valence-electron chi connectivity index (χ3n) is 3.32. The molecule has 2 aromatic carbocycles. The van der Waals surface area contributed by atoms with Gasteiger partial charge in [-0.15, -0.1) is 0 Å². The smallest absolute Gasteiger partial charge is 0.271 e. The van der Waals surface area contributed by atoms with Crippen molar-refractivity contribution in [3.8, 4) is 17.2 Å². The number of carbonyl (C=O) groups is 2. The van der Waals surface area contributed by atoms with Crippen LogP contribution >= 0.6 is 23.2 Å². The quantitative estimate of drug-likeness (QED) is 0.881. The number of amides is 2. The number of hydrogen-bond acceptors (Lipinski definition) is 5. The second kappa shape index (κ2) is 7.63. The zero-order valence-corrected chi connectivity index (χ0v) is 14.3. The SMILES string of the molecule is O=C(COc1cc(Cl)ccc1Cl)NC(=O)[C@@H]1COc2ccccc2O1. The summed E-state index contributed by atoms with van der Waals surface area (Å²) in [5.41, 5.74) is 0. The highest BCUT2D eigenvalue weighted by Crippen LogP contribution is 2.31. The molecule has 1 atom stereocenters. The van der Waals surface area contributed by atoms with Gasteiger partial charge < -0.3 is 14.2 Å². The van der Waals surface area contributed by atoms with Gasteiger partial charge in [-0.3, -0.25) is 14.9 Å². The van der Waals surface area contributed by atoms with Gasteiger partial charge in [0, 0.05) is 11.1 Å².